The highest BCUT2D eigenvalue weighted by Crippen LogP contribution is 2.22. The molecule has 0 aromatic carbocycles. The van der Waals surface area contributed by atoms with Crippen LogP contribution in [0.15, 0.2) is 24.3 Å². The van der Waals surface area contributed by atoms with Crippen LogP contribution < -0.4 is 0 Å². The molecule has 0 aromatic heterocycles. The van der Waals surface area contributed by atoms with Crippen molar-refractivity contribution >= 4 is 11.9 Å². The van der Waals surface area contributed by atoms with Crippen LogP contribution in [-0.2, 0) is 33.6 Å². The van der Waals surface area contributed by atoms with Crippen molar-refractivity contribution in [3.8, 4) is 0 Å². The van der Waals surface area contributed by atoms with Gasteiger partial charge >= 0.3 is 11.9 Å². The molecule has 0 aliphatic carbocycles. The number of rotatable bonds is 12. The van der Waals surface area contributed by atoms with Crippen LogP contribution >= 0.6 is 0 Å². The van der Waals surface area contributed by atoms with E-state index in [9.17, 15) is 9.59 Å². The normalized spacial score (nSPS) is 20.4. The quantitative estimate of drug-likeness (QED) is 0.230. The molecule has 1 saturated heterocycles. The average Bonchev–Trinajstić information content (AvgIpc) is 3.08. The topological polar surface area (TPSA) is 80.3 Å². The molecule has 1 rings (SSSR count). The summed E-state index contributed by atoms with van der Waals surface area (Å²) >= 11 is 0. The van der Waals surface area contributed by atoms with Gasteiger partial charge < -0.3 is 14.2 Å². The van der Waals surface area contributed by atoms with Crippen molar-refractivity contribution in [3.05, 3.63) is 24.3 Å². The molecule has 1 heterocycles. The van der Waals surface area contributed by atoms with Gasteiger partial charge in [0.25, 0.3) is 0 Å². The summed E-state index contributed by atoms with van der Waals surface area (Å²) < 4.78 is 14.7. The van der Waals surface area contributed by atoms with Crippen molar-refractivity contribution in [2.75, 3.05) is 14.2 Å². The van der Waals surface area contributed by atoms with Gasteiger partial charge in [-0.2, -0.15) is 0 Å². The van der Waals surface area contributed by atoms with Gasteiger partial charge in [0.2, 0.25) is 0 Å². The zero-order chi connectivity index (χ0) is 18.3. The Labute approximate surface area is 148 Å². The minimum atomic E-state index is -0.334. The van der Waals surface area contributed by atoms with Crippen LogP contribution in [0, 0.1) is 0 Å². The van der Waals surface area contributed by atoms with E-state index in [1.165, 1.54) is 26.4 Å². The third-order valence-electron chi connectivity index (χ3n) is 3.61. The number of ether oxygens (including phenoxy) is 3. The summed E-state index contributed by atoms with van der Waals surface area (Å²) in [6.45, 7) is 0. The molecule has 1 fully saturated rings. The highest BCUT2D eigenvalue weighted by molar-refractivity contribution is 5.81. The van der Waals surface area contributed by atoms with Crippen molar-refractivity contribution in [3.63, 3.8) is 0 Å². The molecular formula is C18H28O7. The maximum absolute atomic E-state index is 10.9. The summed E-state index contributed by atoms with van der Waals surface area (Å²) in [6, 6.07) is 0. The maximum atomic E-state index is 10.9. The van der Waals surface area contributed by atoms with E-state index in [-0.39, 0.29) is 24.5 Å². The summed E-state index contributed by atoms with van der Waals surface area (Å²) in [5.74, 6) is -0.668. The molecule has 25 heavy (non-hydrogen) atoms. The average molecular weight is 356 g/mol. The van der Waals surface area contributed by atoms with Crippen molar-refractivity contribution in [2.24, 2.45) is 0 Å². The molecule has 7 nitrogen and oxygen atoms in total. The molecule has 0 aromatic rings. The molecular weight excluding hydrogens is 328 g/mol. The molecule has 7 heteroatoms. The molecule has 1 aliphatic rings. The fraction of sp³-hybridized carbons (Fsp3) is 0.667. The lowest BCUT2D eigenvalue weighted by Crippen LogP contribution is -2.11. The molecule has 0 spiro atoms. The van der Waals surface area contributed by atoms with Crippen molar-refractivity contribution in [2.45, 2.75) is 63.9 Å². The van der Waals surface area contributed by atoms with E-state index >= 15 is 0 Å². The first-order valence-corrected chi connectivity index (χ1v) is 8.62. The van der Waals surface area contributed by atoms with Crippen molar-refractivity contribution in [1.29, 1.82) is 0 Å². The molecule has 1 aliphatic heterocycles. The molecule has 0 N–H and O–H groups in total. The van der Waals surface area contributed by atoms with Crippen molar-refractivity contribution in [1.82, 2.24) is 0 Å². The van der Waals surface area contributed by atoms with Crippen molar-refractivity contribution < 1.29 is 33.6 Å². The second kappa shape index (κ2) is 13.6. The largest absolute Gasteiger partial charge is 0.466 e. The van der Waals surface area contributed by atoms with Gasteiger partial charge in [-0.25, -0.2) is 19.4 Å². The first-order chi connectivity index (χ1) is 12.2. The van der Waals surface area contributed by atoms with E-state index < -0.39 is 0 Å². The van der Waals surface area contributed by atoms with E-state index in [0.29, 0.717) is 0 Å². The van der Waals surface area contributed by atoms with Gasteiger partial charge in [0, 0.05) is 25.0 Å². The number of carbonyl (C=O) groups is 2. The van der Waals surface area contributed by atoms with Gasteiger partial charge in [0.15, 0.2) is 12.6 Å². The van der Waals surface area contributed by atoms with Crippen LogP contribution in [0.5, 0.6) is 0 Å². The standard InChI is InChI=1S/C18H28O7/c1-21-15(19)11-7-3-5-9-13-17-23-18(25-24-17)14-10-6-4-8-12-16(20)22-2/h7-8,11-12,17-18H,3-6,9-10,13-14H2,1-2H3/b11-7+,12-8+. The fourth-order valence-corrected chi connectivity index (χ4v) is 2.21. The van der Waals surface area contributed by atoms with E-state index in [2.05, 4.69) is 9.47 Å². The predicted molar refractivity (Wildman–Crippen MR) is 90.1 cm³/mol. The number of methoxy groups -OCH3 is 2. The first-order valence-electron chi connectivity index (χ1n) is 8.62. The van der Waals surface area contributed by atoms with Gasteiger partial charge in [-0.05, 0) is 38.5 Å². The molecule has 0 amide bonds. The number of carbonyl (C=O) groups excluding carboxylic acids is 2. The van der Waals surface area contributed by atoms with E-state index in [1.54, 1.807) is 12.2 Å². The number of unbranched alkanes of at least 4 members (excludes halogenated alkanes) is 4. The van der Waals surface area contributed by atoms with E-state index in [1.807, 2.05) is 0 Å². The van der Waals surface area contributed by atoms with Crippen LogP contribution in [-0.4, -0.2) is 38.7 Å². The Morgan fingerprint density at radius 2 is 1.24 bits per heavy atom. The Bertz CT molecular complexity index is 405. The van der Waals surface area contributed by atoms with Gasteiger partial charge in [0.1, 0.15) is 0 Å². The van der Waals surface area contributed by atoms with Crippen LogP contribution in [0.1, 0.15) is 51.4 Å². The fourth-order valence-electron chi connectivity index (χ4n) is 2.21. The minimum Gasteiger partial charge on any atom is -0.466 e. The number of hydrogen-bond donors (Lipinski definition) is 0. The summed E-state index contributed by atoms with van der Waals surface area (Å²) in [6.07, 6.45) is 12.7. The molecule has 2 atom stereocenters. The summed E-state index contributed by atoms with van der Waals surface area (Å²) in [4.78, 5) is 32.1. The zero-order valence-corrected chi connectivity index (χ0v) is 15.0. The first kappa shape index (κ1) is 21.3. The lowest BCUT2D eigenvalue weighted by molar-refractivity contribution is -0.298. The lowest BCUT2D eigenvalue weighted by Gasteiger charge is -2.07. The SMILES string of the molecule is COC(=O)/C=C/CCCCC1OOC(CCCC/C=C/C(=O)OC)O1. The van der Waals surface area contributed by atoms with Gasteiger partial charge in [0.05, 0.1) is 14.2 Å². The zero-order valence-electron chi connectivity index (χ0n) is 15.0. The summed E-state index contributed by atoms with van der Waals surface area (Å²) in [5.41, 5.74) is 0. The molecule has 142 valence electrons. The molecule has 0 bridgehead atoms. The Morgan fingerprint density at radius 3 is 1.64 bits per heavy atom. The Balaban J connectivity index is 1.99. The van der Waals surface area contributed by atoms with Crippen LogP contribution in [0.4, 0.5) is 0 Å². The second-order valence-electron chi connectivity index (χ2n) is 5.61. The number of hydrogen-bond acceptors (Lipinski definition) is 7. The minimum absolute atomic E-state index is 0.325. The second-order valence-corrected chi connectivity index (χ2v) is 5.61. The molecule has 0 radical (unpaired) electrons. The third kappa shape index (κ3) is 10.7. The number of esters is 2. The predicted octanol–water partition coefficient (Wildman–Crippen LogP) is 3.20. The van der Waals surface area contributed by atoms with E-state index in [0.717, 1.165) is 51.4 Å². The van der Waals surface area contributed by atoms with Gasteiger partial charge in [-0.15, -0.1) is 0 Å². The maximum Gasteiger partial charge on any atom is 0.330 e. The molecule has 2 unspecified atom stereocenters. The van der Waals surface area contributed by atoms with Crippen LogP contribution in [0.2, 0.25) is 0 Å². The smallest absolute Gasteiger partial charge is 0.330 e. The van der Waals surface area contributed by atoms with Gasteiger partial charge in [-0.3, -0.25) is 0 Å². The molecule has 0 saturated carbocycles. The summed E-state index contributed by atoms with van der Waals surface area (Å²) in [5, 5.41) is 0. The summed E-state index contributed by atoms with van der Waals surface area (Å²) in [7, 11) is 2.72. The van der Waals surface area contributed by atoms with Crippen LogP contribution in [0.25, 0.3) is 0 Å². The van der Waals surface area contributed by atoms with Gasteiger partial charge in [-0.1, -0.05) is 12.2 Å². The Kier molecular flexibility index (Phi) is 11.6. The monoisotopic (exact) mass is 356 g/mol. The third-order valence-corrected chi connectivity index (χ3v) is 3.61. The van der Waals surface area contributed by atoms with E-state index in [4.69, 9.17) is 14.5 Å². The highest BCUT2D eigenvalue weighted by atomic mass is 17.3. The Morgan fingerprint density at radius 1 is 0.800 bits per heavy atom. The highest BCUT2D eigenvalue weighted by Gasteiger charge is 2.26. The number of allylic oxidation sites excluding steroid dienone is 2. The Hall–Kier alpha value is -1.70. The lowest BCUT2D eigenvalue weighted by atomic mass is 10.1. The van der Waals surface area contributed by atoms with Crippen LogP contribution in [0.3, 0.4) is 0 Å².